The number of rotatable bonds is 2. The van der Waals surface area contributed by atoms with E-state index in [1.807, 2.05) is 7.05 Å². The Hall–Kier alpha value is -0.160. The van der Waals surface area contributed by atoms with Gasteiger partial charge in [-0.1, -0.05) is 0 Å². The molecular formula is C8H18N4. The third kappa shape index (κ3) is 1.61. The topological polar surface area (TPSA) is 30.5 Å². The zero-order valence-electron chi connectivity index (χ0n) is 7.71. The summed E-state index contributed by atoms with van der Waals surface area (Å²) in [5, 5.41) is 5.63. The van der Waals surface area contributed by atoms with E-state index in [9.17, 15) is 0 Å². The van der Waals surface area contributed by atoms with Crippen LogP contribution in [0.2, 0.25) is 0 Å². The number of hydrogen-bond donors (Lipinski definition) is 2. The van der Waals surface area contributed by atoms with Gasteiger partial charge in [0.15, 0.2) is 0 Å². The maximum absolute atomic E-state index is 3.37. The van der Waals surface area contributed by atoms with Crippen LogP contribution in [-0.4, -0.2) is 62.3 Å². The van der Waals surface area contributed by atoms with E-state index < -0.39 is 0 Å². The summed E-state index contributed by atoms with van der Waals surface area (Å²) in [4.78, 5) is 2.59. The Morgan fingerprint density at radius 1 is 1.25 bits per heavy atom. The molecule has 4 nitrogen and oxygen atoms in total. The van der Waals surface area contributed by atoms with Gasteiger partial charge in [0.25, 0.3) is 0 Å². The molecule has 4 heteroatoms. The highest BCUT2D eigenvalue weighted by atomic mass is 15.5. The van der Waals surface area contributed by atoms with Crippen molar-refractivity contribution in [3.63, 3.8) is 0 Å². The molecule has 0 unspecified atom stereocenters. The molecule has 0 bridgehead atoms. The first-order valence-corrected chi connectivity index (χ1v) is 4.77. The lowest BCUT2D eigenvalue weighted by Crippen LogP contribution is -2.65. The monoisotopic (exact) mass is 170 g/mol. The van der Waals surface area contributed by atoms with Gasteiger partial charge in [-0.3, -0.25) is 10.3 Å². The van der Waals surface area contributed by atoms with Crippen LogP contribution in [0.4, 0.5) is 0 Å². The van der Waals surface area contributed by atoms with Gasteiger partial charge in [0, 0.05) is 45.3 Å². The van der Waals surface area contributed by atoms with E-state index in [0.717, 1.165) is 19.1 Å². The molecule has 0 aromatic heterocycles. The Balaban J connectivity index is 1.72. The van der Waals surface area contributed by atoms with Crippen molar-refractivity contribution in [2.45, 2.75) is 6.04 Å². The second-order valence-corrected chi connectivity index (χ2v) is 3.57. The van der Waals surface area contributed by atoms with Crippen LogP contribution in [0, 0.1) is 0 Å². The minimum Gasteiger partial charge on any atom is -0.314 e. The van der Waals surface area contributed by atoms with Gasteiger partial charge < -0.3 is 5.32 Å². The summed E-state index contributed by atoms with van der Waals surface area (Å²) >= 11 is 0. The average molecular weight is 170 g/mol. The zero-order chi connectivity index (χ0) is 8.39. The van der Waals surface area contributed by atoms with Crippen LogP contribution in [0.1, 0.15) is 0 Å². The summed E-state index contributed by atoms with van der Waals surface area (Å²) in [5.41, 5.74) is 3.16. The molecule has 2 fully saturated rings. The number of nitrogens with one attached hydrogen (secondary N) is 2. The standard InChI is InChI=1S/C8H18N4/c1-9-12-6-8(7-12)11-4-2-10-3-5-11/h8-10H,2-7H2,1H3. The van der Waals surface area contributed by atoms with Crippen molar-refractivity contribution >= 4 is 0 Å². The molecule has 2 rings (SSSR count). The van der Waals surface area contributed by atoms with Crippen LogP contribution >= 0.6 is 0 Å². The van der Waals surface area contributed by atoms with Crippen molar-refractivity contribution in [3.8, 4) is 0 Å². The van der Waals surface area contributed by atoms with E-state index in [4.69, 9.17) is 0 Å². The summed E-state index contributed by atoms with van der Waals surface area (Å²) in [5.74, 6) is 0. The Bertz CT molecular complexity index is 138. The van der Waals surface area contributed by atoms with Crippen molar-refractivity contribution in [2.75, 3.05) is 46.3 Å². The van der Waals surface area contributed by atoms with Gasteiger partial charge in [-0.15, -0.1) is 0 Å². The molecule has 0 amide bonds. The molecule has 2 N–H and O–H groups in total. The second kappa shape index (κ2) is 3.70. The molecule has 2 aliphatic heterocycles. The highest BCUT2D eigenvalue weighted by molar-refractivity contribution is 4.87. The summed E-state index contributed by atoms with van der Waals surface area (Å²) in [7, 11) is 1.99. The van der Waals surface area contributed by atoms with E-state index in [1.54, 1.807) is 0 Å². The molecule has 2 saturated heterocycles. The molecule has 0 atom stereocenters. The van der Waals surface area contributed by atoms with Crippen LogP contribution in [-0.2, 0) is 0 Å². The molecule has 2 heterocycles. The summed E-state index contributed by atoms with van der Waals surface area (Å²) in [6.07, 6.45) is 0. The van der Waals surface area contributed by atoms with E-state index in [2.05, 4.69) is 20.7 Å². The lowest BCUT2D eigenvalue weighted by atomic mass is 10.1. The Morgan fingerprint density at radius 2 is 1.92 bits per heavy atom. The Kier molecular flexibility index (Phi) is 2.60. The van der Waals surface area contributed by atoms with Crippen LogP contribution < -0.4 is 10.7 Å². The van der Waals surface area contributed by atoms with E-state index in [0.29, 0.717) is 0 Å². The molecule has 0 aromatic carbocycles. The fraction of sp³-hybridized carbons (Fsp3) is 1.00. The predicted molar refractivity (Wildman–Crippen MR) is 48.9 cm³/mol. The summed E-state index contributed by atoms with van der Waals surface area (Å²) in [6, 6.07) is 0.805. The average Bonchev–Trinajstić information content (AvgIpc) is 2.04. The number of hydrogen-bond acceptors (Lipinski definition) is 4. The molecule has 0 saturated carbocycles. The Morgan fingerprint density at radius 3 is 2.50 bits per heavy atom. The molecule has 0 spiro atoms. The normalized spacial score (nSPS) is 28.8. The fourth-order valence-electron chi connectivity index (χ4n) is 1.92. The first kappa shape index (κ1) is 8.44. The molecular weight excluding hydrogens is 152 g/mol. The SMILES string of the molecule is CNN1CC(N2CCNCC2)C1. The smallest absolute Gasteiger partial charge is 0.0379 e. The van der Waals surface area contributed by atoms with Gasteiger partial charge in [0.2, 0.25) is 0 Å². The minimum atomic E-state index is 0.805. The first-order chi connectivity index (χ1) is 5.90. The minimum absolute atomic E-state index is 0.805. The lowest BCUT2D eigenvalue weighted by molar-refractivity contribution is -0.000225. The zero-order valence-corrected chi connectivity index (χ0v) is 7.71. The van der Waals surface area contributed by atoms with Crippen LogP contribution in [0.5, 0.6) is 0 Å². The van der Waals surface area contributed by atoms with Crippen LogP contribution in [0.3, 0.4) is 0 Å². The van der Waals surface area contributed by atoms with Gasteiger partial charge in [-0.2, -0.15) is 0 Å². The van der Waals surface area contributed by atoms with Crippen molar-refractivity contribution in [1.29, 1.82) is 0 Å². The van der Waals surface area contributed by atoms with Gasteiger partial charge in [0.1, 0.15) is 0 Å². The van der Waals surface area contributed by atoms with Crippen molar-refractivity contribution in [3.05, 3.63) is 0 Å². The largest absolute Gasteiger partial charge is 0.314 e. The predicted octanol–water partition coefficient (Wildman–Crippen LogP) is -1.29. The highest BCUT2D eigenvalue weighted by Crippen LogP contribution is 2.12. The third-order valence-electron chi connectivity index (χ3n) is 2.85. The Labute approximate surface area is 73.9 Å². The van der Waals surface area contributed by atoms with Gasteiger partial charge in [0.05, 0.1) is 0 Å². The third-order valence-corrected chi connectivity index (χ3v) is 2.85. The lowest BCUT2D eigenvalue weighted by Gasteiger charge is -2.46. The molecule has 0 aromatic rings. The first-order valence-electron chi connectivity index (χ1n) is 4.77. The maximum atomic E-state index is 3.37. The molecule has 70 valence electrons. The van der Waals surface area contributed by atoms with Crippen molar-refractivity contribution < 1.29 is 0 Å². The second-order valence-electron chi connectivity index (χ2n) is 3.57. The quantitative estimate of drug-likeness (QED) is 0.540. The number of nitrogens with zero attached hydrogens (tertiary/aromatic N) is 2. The van der Waals surface area contributed by atoms with Crippen molar-refractivity contribution in [2.24, 2.45) is 0 Å². The number of hydrazine groups is 1. The highest BCUT2D eigenvalue weighted by Gasteiger charge is 2.31. The van der Waals surface area contributed by atoms with E-state index in [-0.39, 0.29) is 0 Å². The fourth-order valence-corrected chi connectivity index (χ4v) is 1.92. The summed E-state index contributed by atoms with van der Waals surface area (Å²) < 4.78 is 0. The van der Waals surface area contributed by atoms with Crippen molar-refractivity contribution in [1.82, 2.24) is 20.7 Å². The van der Waals surface area contributed by atoms with Gasteiger partial charge >= 0.3 is 0 Å². The molecule has 12 heavy (non-hydrogen) atoms. The van der Waals surface area contributed by atoms with Crippen LogP contribution in [0.15, 0.2) is 0 Å². The summed E-state index contributed by atoms with van der Waals surface area (Å²) in [6.45, 7) is 7.16. The van der Waals surface area contributed by atoms with Crippen LogP contribution in [0.25, 0.3) is 0 Å². The number of piperazine rings is 1. The van der Waals surface area contributed by atoms with Gasteiger partial charge in [-0.25, -0.2) is 5.01 Å². The molecule has 2 aliphatic rings. The molecule has 0 aliphatic carbocycles. The maximum Gasteiger partial charge on any atom is 0.0379 e. The van der Waals surface area contributed by atoms with E-state index in [1.165, 1.54) is 26.2 Å². The van der Waals surface area contributed by atoms with E-state index >= 15 is 0 Å². The molecule has 0 radical (unpaired) electrons. The van der Waals surface area contributed by atoms with Gasteiger partial charge in [-0.05, 0) is 7.05 Å².